The minimum absolute atomic E-state index is 0.0346. The van der Waals surface area contributed by atoms with Gasteiger partial charge in [0.05, 0.1) is 6.42 Å². The fourth-order valence-corrected chi connectivity index (χ4v) is 3.77. The summed E-state index contributed by atoms with van der Waals surface area (Å²) in [5.41, 5.74) is 0. The van der Waals surface area contributed by atoms with Gasteiger partial charge in [0.15, 0.2) is 5.13 Å². The monoisotopic (exact) mass is 293 g/mol. The largest absolute Gasteiger partial charge is 0.349 e. The average molecular weight is 293 g/mol. The van der Waals surface area contributed by atoms with Crippen LogP contribution in [0.1, 0.15) is 43.4 Å². The predicted octanol–water partition coefficient (Wildman–Crippen LogP) is 2.32. The van der Waals surface area contributed by atoms with Crippen molar-refractivity contribution in [3.63, 3.8) is 0 Å². The highest BCUT2D eigenvalue weighted by molar-refractivity contribution is 7.15. The number of nitrogens with zero attached hydrogens (tertiary/aromatic N) is 2. The number of likely N-dealkylation sites (tertiary alicyclic amines) is 1. The van der Waals surface area contributed by atoms with E-state index in [1.54, 1.807) is 6.20 Å². The molecule has 1 saturated heterocycles. The average Bonchev–Trinajstić information content (AvgIpc) is 2.96. The Balaban J connectivity index is 1.69. The molecule has 1 aromatic rings. The Morgan fingerprint density at radius 3 is 2.70 bits per heavy atom. The van der Waals surface area contributed by atoms with Crippen LogP contribution in [0.15, 0.2) is 6.20 Å². The quantitative estimate of drug-likeness (QED) is 0.869. The number of imide groups is 1. The number of amides is 2. The normalized spacial score (nSPS) is 24.4. The van der Waals surface area contributed by atoms with E-state index in [1.807, 2.05) is 6.92 Å². The summed E-state index contributed by atoms with van der Waals surface area (Å²) < 4.78 is 0. The molecule has 108 valence electrons. The smallest absolute Gasteiger partial charge is 0.252 e. The van der Waals surface area contributed by atoms with E-state index >= 15 is 0 Å². The van der Waals surface area contributed by atoms with Crippen molar-refractivity contribution in [1.82, 2.24) is 9.88 Å². The Morgan fingerprint density at radius 1 is 1.30 bits per heavy atom. The van der Waals surface area contributed by atoms with Gasteiger partial charge < -0.3 is 5.32 Å². The van der Waals surface area contributed by atoms with E-state index in [9.17, 15) is 9.59 Å². The fourth-order valence-electron chi connectivity index (χ4n) is 3.06. The van der Waals surface area contributed by atoms with Crippen molar-refractivity contribution in [2.45, 2.75) is 57.5 Å². The van der Waals surface area contributed by atoms with E-state index in [0.29, 0.717) is 0 Å². The Bertz CT molecular complexity index is 522. The molecule has 5 nitrogen and oxygen atoms in total. The number of carbonyl (C=O) groups excluding carboxylic acids is 2. The number of thiazole rings is 1. The van der Waals surface area contributed by atoms with Gasteiger partial charge >= 0.3 is 0 Å². The van der Waals surface area contributed by atoms with Crippen molar-refractivity contribution in [3.8, 4) is 0 Å². The Morgan fingerprint density at radius 2 is 2.05 bits per heavy atom. The van der Waals surface area contributed by atoms with E-state index in [1.165, 1.54) is 22.7 Å². The van der Waals surface area contributed by atoms with Crippen LogP contribution in [0.4, 0.5) is 5.13 Å². The van der Waals surface area contributed by atoms with Gasteiger partial charge in [-0.3, -0.25) is 14.5 Å². The first-order valence-electron chi connectivity index (χ1n) is 7.20. The van der Waals surface area contributed by atoms with Crippen molar-refractivity contribution in [3.05, 3.63) is 11.1 Å². The number of nitrogens with one attached hydrogen (secondary N) is 1. The molecule has 2 fully saturated rings. The zero-order valence-corrected chi connectivity index (χ0v) is 12.4. The number of carbonyl (C=O) groups is 2. The van der Waals surface area contributed by atoms with Gasteiger partial charge in [-0.1, -0.05) is 19.3 Å². The van der Waals surface area contributed by atoms with Gasteiger partial charge in [0.25, 0.3) is 5.91 Å². The summed E-state index contributed by atoms with van der Waals surface area (Å²) in [7, 11) is 0. The maximum Gasteiger partial charge on any atom is 0.252 e. The van der Waals surface area contributed by atoms with Crippen molar-refractivity contribution < 1.29 is 9.59 Å². The third kappa shape index (κ3) is 2.57. The summed E-state index contributed by atoms with van der Waals surface area (Å²) >= 11 is 1.51. The molecule has 2 aliphatic rings. The Kier molecular flexibility index (Phi) is 3.74. The standard InChI is InChI=1S/C14H19N3O2S/c1-9-8-15-14(20-9)16-11-7-12(18)17(13(11)19)10-5-3-2-4-6-10/h8,10-11H,2-7H2,1H3,(H,15,16). The van der Waals surface area contributed by atoms with Gasteiger partial charge in [-0.15, -0.1) is 11.3 Å². The number of aryl methyl sites for hydroxylation is 1. The van der Waals surface area contributed by atoms with Crippen molar-refractivity contribution in [1.29, 1.82) is 0 Å². The minimum atomic E-state index is -0.435. The van der Waals surface area contributed by atoms with E-state index in [0.717, 1.165) is 35.7 Å². The molecule has 20 heavy (non-hydrogen) atoms. The molecule has 3 rings (SSSR count). The highest BCUT2D eigenvalue weighted by Crippen LogP contribution is 2.29. The summed E-state index contributed by atoms with van der Waals surface area (Å²) in [5.74, 6) is -0.109. The van der Waals surface area contributed by atoms with Crippen LogP contribution in [-0.2, 0) is 9.59 Å². The molecule has 1 N–H and O–H groups in total. The van der Waals surface area contributed by atoms with Crippen molar-refractivity contribution >= 4 is 28.3 Å². The van der Waals surface area contributed by atoms with E-state index in [-0.39, 0.29) is 24.3 Å². The lowest BCUT2D eigenvalue weighted by atomic mass is 9.94. The molecule has 1 unspecified atom stereocenters. The zero-order valence-electron chi connectivity index (χ0n) is 11.6. The lowest BCUT2D eigenvalue weighted by molar-refractivity contribution is -0.141. The second-order valence-electron chi connectivity index (χ2n) is 5.57. The molecule has 1 saturated carbocycles. The second-order valence-corrected chi connectivity index (χ2v) is 6.81. The molecule has 6 heteroatoms. The van der Waals surface area contributed by atoms with Crippen molar-refractivity contribution in [2.24, 2.45) is 0 Å². The van der Waals surface area contributed by atoms with Crippen LogP contribution in [-0.4, -0.2) is 33.8 Å². The van der Waals surface area contributed by atoms with Crippen LogP contribution in [0.3, 0.4) is 0 Å². The van der Waals surface area contributed by atoms with E-state index < -0.39 is 6.04 Å². The number of hydrogen-bond acceptors (Lipinski definition) is 5. The molecular formula is C14H19N3O2S. The summed E-state index contributed by atoms with van der Waals surface area (Å²) in [6, 6.07) is -0.316. The molecule has 2 amide bonds. The molecule has 1 aliphatic carbocycles. The molecule has 1 aliphatic heterocycles. The van der Waals surface area contributed by atoms with Gasteiger partial charge in [0, 0.05) is 17.1 Å². The summed E-state index contributed by atoms with van der Waals surface area (Å²) in [6.45, 7) is 1.97. The van der Waals surface area contributed by atoms with E-state index in [2.05, 4.69) is 10.3 Å². The van der Waals surface area contributed by atoms with Crippen LogP contribution in [0, 0.1) is 6.92 Å². The highest BCUT2D eigenvalue weighted by Gasteiger charge is 2.42. The number of anilines is 1. The first-order chi connectivity index (χ1) is 9.65. The SMILES string of the molecule is Cc1cnc(NC2CC(=O)N(C3CCCCC3)C2=O)s1. The maximum absolute atomic E-state index is 12.4. The molecule has 1 atom stereocenters. The lowest BCUT2D eigenvalue weighted by Crippen LogP contribution is -2.43. The highest BCUT2D eigenvalue weighted by atomic mass is 32.1. The third-order valence-electron chi connectivity index (χ3n) is 4.04. The molecule has 0 aromatic carbocycles. The fraction of sp³-hybridized carbons (Fsp3) is 0.643. The number of hydrogen-bond donors (Lipinski definition) is 1. The van der Waals surface area contributed by atoms with Crippen LogP contribution in [0.25, 0.3) is 0 Å². The first kappa shape index (κ1) is 13.5. The topological polar surface area (TPSA) is 62.3 Å². The molecule has 0 spiro atoms. The molecule has 2 heterocycles. The van der Waals surface area contributed by atoms with Crippen LogP contribution >= 0.6 is 11.3 Å². The summed E-state index contributed by atoms with van der Waals surface area (Å²) in [5, 5.41) is 3.83. The predicted molar refractivity (Wildman–Crippen MR) is 77.6 cm³/mol. The van der Waals surface area contributed by atoms with Gasteiger partial charge in [-0.25, -0.2) is 4.98 Å². The molecule has 0 radical (unpaired) electrons. The van der Waals surface area contributed by atoms with Crippen LogP contribution < -0.4 is 5.32 Å². The molecule has 1 aromatic heterocycles. The van der Waals surface area contributed by atoms with Crippen LogP contribution in [0.2, 0.25) is 0 Å². The molecule has 0 bridgehead atoms. The summed E-state index contributed by atoms with van der Waals surface area (Å²) in [6.07, 6.45) is 7.39. The zero-order chi connectivity index (χ0) is 14.1. The summed E-state index contributed by atoms with van der Waals surface area (Å²) in [4.78, 5) is 31.4. The minimum Gasteiger partial charge on any atom is -0.349 e. The Hall–Kier alpha value is -1.43. The second kappa shape index (κ2) is 5.52. The molecular weight excluding hydrogens is 274 g/mol. The lowest BCUT2D eigenvalue weighted by Gasteiger charge is -2.29. The third-order valence-corrected chi connectivity index (χ3v) is 4.89. The Labute approximate surface area is 122 Å². The van der Waals surface area contributed by atoms with Gasteiger partial charge in [0.1, 0.15) is 6.04 Å². The van der Waals surface area contributed by atoms with Gasteiger partial charge in [0.2, 0.25) is 5.91 Å². The maximum atomic E-state index is 12.4. The van der Waals surface area contributed by atoms with Crippen LogP contribution in [0.5, 0.6) is 0 Å². The van der Waals surface area contributed by atoms with Gasteiger partial charge in [-0.05, 0) is 19.8 Å². The van der Waals surface area contributed by atoms with E-state index in [4.69, 9.17) is 0 Å². The number of aromatic nitrogens is 1. The first-order valence-corrected chi connectivity index (χ1v) is 8.01. The van der Waals surface area contributed by atoms with Gasteiger partial charge in [-0.2, -0.15) is 0 Å². The number of rotatable bonds is 3. The van der Waals surface area contributed by atoms with Crippen molar-refractivity contribution in [2.75, 3.05) is 5.32 Å².